The first-order valence-electron chi connectivity index (χ1n) is 6.81. The van der Waals surface area contributed by atoms with E-state index in [1.807, 2.05) is 12.3 Å². The summed E-state index contributed by atoms with van der Waals surface area (Å²) in [6, 6.07) is 16.6. The number of nitrogens with one attached hydrogen (secondary N) is 1. The van der Waals surface area contributed by atoms with E-state index in [2.05, 4.69) is 64.9 Å². The molecule has 0 atom stereocenters. The predicted octanol–water partition coefficient (Wildman–Crippen LogP) is 2.92. The number of hydrogen-bond acceptors (Lipinski definition) is 3. The van der Waals surface area contributed by atoms with Gasteiger partial charge < -0.3 is 0 Å². The molecule has 20 heavy (non-hydrogen) atoms. The zero-order chi connectivity index (χ0) is 13.8. The van der Waals surface area contributed by atoms with Gasteiger partial charge in [-0.15, -0.1) is 0 Å². The molecule has 0 saturated heterocycles. The Kier molecular flexibility index (Phi) is 3.59. The highest BCUT2D eigenvalue weighted by molar-refractivity contribution is 6.01. The van der Waals surface area contributed by atoms with Crippen molar-refractivity contribution in [2.45, 2.75) is 13.3 Å². The number of aliphatic imine (C=N–C) groups is 1. The van der Waals surface area contributed by atoms with Gasteiger partial charge in [0, 0.05) is 12.1 Å². The van der Waals surface area contributed by atoms with Crippen LogP contribution in [-0.4, -0.2) is 18.6 Å². The van der Waals surface area contributed by atoms with Crippen LogP contribution in [0, 0.1) is 6.92 Å². The van der Waals surface area contributed by atoms with Crippen molar-refractivity contribution in [3.63, 3.8) is 0 Å². The van der Waals surface area contributed by atoms with Crippen molar-refractivity contribution in [1.82, 2.24) is 5.43 Å². The lowest BCUT2D eigenvalue weighted by atomic mass is 10.0. The molecule has 2 aromatic carbocycles. The second kappa shape index (κ2) is 5.70. The molecular formula is C17H17N3. The molecule has 3 rings (SSSR count). The van der Waals surface area contributed by atoms with E-state index in [1.165, 1.54) is 11.1 Å². The quantitative estimate of drug-likeness (QED) is 0.656. The Morgan fingerprint density at radius 3 is 2.75 bits per heavy atom. The van der Waals surface area contributed by atoms with Crippen LogP contribution in [0.4, 0.5) is 0 Å². The maximum Gasteiger partial charge on any atom is 0.149 e. The number of hydrazone groups is 1. The SMILES string of the molecule is Cc1ccc(C=NNC2=NCCc3ccccc32)cc1. The van der Waals surface area contributed by atoms with Gasteiger partial charge >= 0.3 is 0 Å². The first-order chi connectivity index (χ1) is 9.83. The number of benzene rings is 2. The summed E-state index contributed by atoms with van der Waals surface area (Å²) in [5.41, 5.74) is 7.87. The average Bonchev–Trinajstić information content (AvgIpc) is 2.49. The lowest BCUT2D eigenvalue weighted by Crippen LogP contribution is -2.24. The minimum absolute atomic E-state index is 0.819. The van der Waals surface area contributed by atoms with Crippen LogP contribution in [0.3, 0.4) is 0 Å². The van der Waals surface area contributed by atoms with Crippen LogP contribution < -0.4 is 5.43 Å². The highest BCUT2D eigenvalue weighted by Crippen LogP contribution is 2.14. The monoisotopic (exact) mass is 263 g/mol. The van der Waals surface area contributed by atoms with Gasteiger partial charge in [-0.25, -0.2) is 0 Å². The molecular weight excluding hydrogens is 246 g/mol. The fourth-order valence-electron chi connectivity index (χ4n) is 2.26. The molecule has 1 N–H and O–H groups in total. The molecule has 0 saturated carbocycles. The van der Waals surface area contributed by atoms with Gasteiger partial charge in [-0.3, -0.25) is 10.4 Å². The summed E-state index contributed by atoms with van der Waals surface area (Å²) >= 11 is 0. The largest absolute Gasteiger partial charge is 0.266 e. The molecule has 0 fully saturated rings. The predicted molar refractivity (Wildman–Crippen MR) is 83.5 cm³/mol. The number of aryl methyl sites for hydroxylation is 1. The number of hydrogen-bond donors (Lipinski definition) is 1. The first kappa shape index (κ1) is 12.6. The summed E-state index contributed by atoms with van der Waals surface area (Å²) in [6.07, 6.45) is 2.82. The Bertz CT molecular complexity index is 654. The minimum atomic E-state index is 0.819. The third kappa shape index (κ3) is 2.77. The van der Waals surface area contributed by atoms with Crippen molar-refractivity contribution in [3.8, 4) is 0 Å². The van der Waals surface area contributed by atoms with E-state index < -0.39 is 0 Å². The Morgan fingerprint density at radius 2 is 1.90 bits per heavy atom. The molecule has 1 aliphatic rings. The molecule has 3 nitrogen and oxygen atoms in total. The standard InChI is InChI=1S/C17H17N3/c1-13-6-8-14(9-7-13)12-19-20-17-16-5-3-2-4-15(16)10-11-18-17/h2-9,12H,10-11H2,1H3,(H,18,20). The smallest absolute Gasteiger partial charge is 0.149 e. The fourth-order valence-corrected chi connectivity index (χ4v) is 2.26. The van der Waals surface area contributed by atoms with E-state index in [9.17, 15) is 0 Å². The highest BCUT2D eigenvalue weighted by atomic mass is 15.3. The van der Waals surface area contributed by atoms with Crippen molar-refractivity contribution in [2.75, 3.05) is 6.54 Å². The summed E-state index contributed by atoms with van der Waals surface area (Å²) in [6.45, 7) is 2.90. The van der Waals surface area contributed by atoms with Crippen molar-refractivity contribution in [2.24, 2.45) is 10.1 Å². The molecule has 100 valence electrons. The van der Waals surface area contributed by atoms with Crippen LogP contribution in [0.2, 0.25) is 0 Å². The molecule has 2 aromatic rings. The van der Waals surface area contributed by atoms with E-state index in [0.717, 1.165) is 29.9 Å². The van der Waals surface area contributed by atoms with E-state index in [-0.39, 0.29) is 0 Å². The van der Waals surface area contributed by atoms with E-state index >= 15 is 0 Å². The van der Waals surface area contributed by atoms with Crippen LogP contribution in [-0.2, 0) is 6.42 Å². The maximum absolute atomic E-state index is 4.51. The third-order valence-corrected chi connectivity index (χ3v) is 3.38. The summed E-state index contributed by atoms with van der Waals surface area (Å²) < 4.78 is 0. The molecule has 1 aliphatic heterocycles. The summed E-state index contributed by atoms with van der Waals surface area (Å²) in [5, 5.41) is 4.29. The van der Waals surface area contributed by atoms with Crippen LogP contribution in [0.1, 0.15) is 22.3 Å². The van der Waals surface area contributed by atoms with Gasteiger partial charge in [0.15, 0.2) is 0 Å². The topological polar surface area (TPSA) is 36.8 Å². The molecule has 0 unspecified atom stereocenters. The van der Waals surface area contributed by atoms with Crippen LogP contribution in [0.5, 0.6) is 0 Å². The number of rotatable bonds is 2. The fraction of sp³-hybridized carbons (Fsp3) is 0.176. The van der Waals surface area contributed by atoms with Crippen LogP contribution >= 0.6 is 0 Å². The van der Waals surface area contributed by atoms with Gasteiger partial charge in [0.1, 0.15) is 5.84 Å². The van der Waals surface area contributed by atoms with E-state index in [1.54, 1.807) is 0 Å². The lowest BCUT2D eigenvalue weighted by molar-refractivity contribution is 0.902. The molecule has 3 heteroatoms. The molecule has 0 bridgehead atoms. The van der Waals surface area contributed by atoms with E-state index in [0.29, 0.717) is 0 Å². The maximum atomic E-state index is 4.51. The van der Waals surface area contributed by atoms with Gasteiger partial charge in [-0.05, 0) is 24.5 Å². The number of fused-ring (bicyclic) bond motifs is 1. The molecule has 0 radical (unpaired) electrons. The van der Waals surface area contributed by atoms with Gasteiger partial charge in [0.25, 0.3) is 0 Å². The third-order valence-electron chi connectivity index (χ3n) is 3.38. The van der Waals surface area contributed by atoms with Gasteiger partial charge in [0.2, 0.25) is 0 Å². The Hall–Kier alpha value is -2.42. The van der Waals surface area contributed by atoms with Crippen LogP contribution in [0.25, 0.3) is 0 Å². The normalized spacial score (nSPS) is 13.9. The average molecular weight is 263 g/mol. The second-order valence-corrected chi connectivity index (χ2v) is 4.92. The van der Waals surface area contributed by atoms with Crippen molar-refractivity contribution in [1.29, 1.82) is 0 Å². The zero-order valence-corrected chi connectivity index (χ0v) is 11.5. The Labute approximate surface area is 119 Å². The minimum Gasteiger partial charge on any atom is -0.266 e. The van der Waals surface area contributed by atoms with Crippen molar-refractivity contribution >= 4 is 12.1 Å². The summed E-state index contributed by atoms with van der Waals surface area (Å²) in [4.78, 5) is 4.51. The Balaban J connectivity index is 1.72. The molecule has 0 spiro atoms. The summed E-state index contributed by atoms with van der Waals surface area (Å²) in [7, 11) is 0. The molecule has 1 heterocycles. The molecule has 0 aliphatic carbocycles. The zero-order valence-electron chi connectivity index (χ0n) is 11.5. The van der Waals surface area contributed by atoms with Crippen molar-refractivity contribution < 1.29 is 0 Å². The second-order valence-electron chi connectivity index (χ2n) is 4.92. The summed E-state index contributed by atoms with van der Waals surface area (Å²) in [5.74, 6) is 0.857. The number of amidine groups is 1. The number of nitrogens with zero attached hydrogens (tertiary/aromatic N) is 2. The lowest BCUT2D eigenvalue weighted by Gasteiger charge is -2.15. The molecule has 0 aromatic heterocycles. The van der Waals surface area contributed by atoms with Crippen LogP contribution in [0.15, 0.2) is 58.6 Å². The molecule has 0 amide bonds. The highest BCUT2D eigenvalue weighted by Gasteiger charge is 2.12. The van der Waals surface area contributed by atoms with E-state index in [4.69, 9.17) is 0 Å². The first-order valence-corrected chi connectivity index (χ1v) is 6.81. The van der Waals surface area contributed by atoms with Gasteiger partial charge in [-0.2, -0.15) is 5.10 Å². The Morgan fingerprint density at radius 1 is 1.10 bits per heavy atom. The van der Waals surface area contributed by atoms with Gasteiger partial charge in [-0.1, -0.05) is 54.1 Å². The van der Waals surface area contributed by atoms with Gasteiger partial charge in [0.05, 0.1) is 6.21 Å². The van der Waals surface area contributed by atoms with Crippen molar-refractivity contribution in [3.05, 3.63) is 70.8 Å².